The highest BCUT2D eigenvalue weighted by atomic mass is 16.6. The average Bonchev–Trinajstić information content (AvgIpc) is 3.16. The third kappa shape index (κ3) is 6.39. The van der Waals surface area contributed by atoms with Crippen molar-refractivity contribution in [1.29, 1.82) is 0 Å². The molecule has 0 spiro atoms. The predicted molar refractivity (Wildman–Crippen MR) is 116 cm³/mol. The van der Waals surface area contributed by atoms with Gasteiger partial charge in [0.25, 0.3) is 0 Å². The van der Waals surface area contributed by atoms with Gasteiger partial charge in [0.1, 0.15) is 5.76 Å². The van der Waals surface area contributed by atoms with Gasteiger partial charge < -0.3 is 18.6 Å². The van der Waals surface area contributed by atoms with Crippen molar-refractivity contribution in [2.45, 2.75) is 39.7 Å². The number of hydrogen-bond acceptors (Lipinski definition) is 7. The fourth-order valence-electron chi connectivity index (χ4n) is 3.09. The maximum atomic E-state index is 12.0. The van der Waals surface area contributed by atoms with Crippen LogP contribution in [0.25, 0.3) is 11.5 Å². The Hall–Kier alpha value is -3.19. The molecule has 7 nitrogen and oxygen atoms in total. The zero-order chi connectivity index (χ0) is 22.1. The lowest BCUT2D eigenvalue weighted by Crippen LogP contribution is -2.29. The van der Waals surface area contributed by atoms with Crippen LogP contribution in [0.4, 0.5) is 0 Å². The fraction of sp³-hybridized carbons (Fsp3) is 0.375. The molecule has 1 unspecified atom stereocenters. The van der Waals surface area contributed by atoms with E-state index in [-0.39, 0.29) is 5.97 Å². The maximum absolute atomic E-state index is 12.0. The second-order valence-corrected chi connectivity index (χ2v) is 6.89. The van der Waals surface area contributed by atoms with Gasteiger partial charge in [0.2, 0.25) is 11.8 Å². The molecule has 2 aromatic heterocycles. The van der Waals surface area contributed by atoms with Gasteiger partial charge >= 0.3 is 5.97 Å². The molecule has 1 aromatic carbocycles. The van der Waals surface area contributed by atoms with E-state index in [0.717, 1.165) is 22.6 Å². The summed E-state index contributed by atoms with van der Waals surface area (Å²) in [5.41, 5.74) is 2.69. The van der Waals surface area contributed by atoms with Crippen LogP contribution in [-0.2, 0) is 27.1 Å². The van der Waals surface area contributed by atoms with Crippen molar-refractivity contribution in [1.82, 2.24) is 9.97 Å². The Balaban J connectivity index is 1.53. The molecular weight excluding hydrogens is 396 g/mol. The summed E-state index contributed by atoms with van der Waals surface area (Å²) in [5.74, 6) is 1.55. The molecule has 31 heavy (non-hydrogen) atoms. The molecule has 0 saturated carbocycles. The molecule has 3 rings (SSSR count). The summed E-state index contributed by atoms with van der Waals surface area (Å²) >= 11 is 0. The number of carbonyl (C=O) groups is 1. The molecule has 7 heteroatoms. The lowest BCUT2D eigenvalue weighted by Gasteiger charge is -2.15. The molecule has 0 N–H and O–H groups in total. The van der Waals surface area contributed by atoms with Gasteiger partial charge in [-0.3, -0.25) is 0 Å². The Morgan fingerprint density at radius 1 is 1.10 bits per heavy atom. The summed E-state index contributed by atoms with van der Waals surface area (Å²) in [5, 5.41) is 0. The van der Waals surface area contributed by atoms with Gasteiger partial charge in [0.05, 0.1) is 18.9 Å². The Morgan fingerprint density at radius 2 is 1.90 bits per heavy atom. The minimum Gasteiger partial charge on any atom is -0.477 e. The van der Waals surface area contributed by atoms with Gasteiger partial charge in [-0.25, -0.2) is 14.8 Å². The van der Waals surface area contributed by atoms with E-state index in [2.05, 4.69) is 9.97 Å². The number of benzene rings is 1. The minimum absolute atomic E-state index is 0.325. The zero-order valence-electron chi connectivity index (χ0n) is 18.2. The number of hydrogen-bond donors (Lipinski definition) is 0. The van der Waals surface area contributed by atoms with E-state index in [0.29, 0.717) is 44.4 Å². The van der Waals surface area contributed by atoms with Crippen LogP contribution in [0.3, 0.4) is 0 Å². The summed E-state index contributed by atoms with van der Waals surface area (Å²) in [7, 11) is 0. The number of oxazole rings is 1. The van der Waals surface area contributed by atoms with Crippen molar-refractivity contribution in [2.24, 2.45) is 0 Å². The second-order valence-electron chi connectivity index (χ2n) is 6.89. The highest BCUT2D eigenvalue weighted by Crippen LogP contribution is 2.22. The summed E-state index contributed by atoms with van der Waals surface area (Å²) in [6.07, 6.45) is 2.07. The molecule has 0 saturated heterocycles. The van der Waals surface area contributed by atoms with Crippen LogP contribution in [0.15, 0.2) is 53.1 Å². The van der Waals surface area contributed by atoms with E-state index in [4.69, 9.17) is 18.6 Å². The van der Waals surface area contributed by atoms with Crippen molar-refractivity contribution in [3.8, 4) is 17.3 Å². The molecule has 0 radical (unpaired) electrons. The van der Waals surface area contributed by atoms with Crippen LogP contribution in [-0.4, -0.2) is 41.9 Å². The first-order valence-electron chi connectivity index (χ1n) is 10.5. The number of nitrogens with zero attached hydrogens (tertiary/aromatic N) is 2. The first kappa shape index (κ1) is 22.5. The van der Waals surface area contributed by atoms with Crippen molar-refractivity contribution in [2.75, 3.05) is 19.8 Å². The van der Waals surface area contributed by atoms with Crippen molar-refractivity contribution < 1.29 is 23.4 Å². The molecule has 0 fully saturated rings. The van der Waals surface area contributed by atoms with Gasteiger partial charge in [-0.1, -0.05) is 24.3 Å². The van der Waals surface area contributed by atoms with E-state index < -0.39 is 6.10 Å². The number of aryl methyl sites for hydroxylation is 1. The van der Waals surface area contributed by atoms with E-state index >= 15 is 0 Å². The molecule has 1 atom stereocenters. The van der Waals surface area contributed by atoms with Gasteiger partial charge in [-0.05, 0) is 38.5 Å². The van der Waals surface area contributed by atoms with Crippen molar-refractivity contribution in [3.63, 3.8) is 0 Å². The topological polar surface area (TPSA) is 83.7 Å². The van der Waals surface area contributed by atoms with Crippen LogP contribution < -0.4 is 4.74 Å². The molecule has 0 aliphatic carbocycles. The number of pyridine rings is 1. The molecular formula is C24H28N2O5. The van der Waals surface area contributed by atoms with E-state index in [9.17, 15) is 4.79 Å². The Kier molecular flexibility index (Phi) is 8.18. The summed E-state index contributed by atoms with van der Waals surface area (Å²) in [6, 6.07) is 13.5. The normalized spacial score (nSPS) is 11.8. The Bertz CT molecular complexity index is 954. The van der Waals surface area contributed by atoms with Crippen LogP contribution in [0, 0.1) is 6.92 Å². The van der Waals surface area contributed by atoms with Crippen molar-refractivity contribution in [3.05, 3.63) is 65.7 Å². The summed E-state index contributed by atoms with van der Waals surface area (Å²) < 4.78 is 22.1. The quantitative estimate of drug-likeness (QED) is 0.427. The molecule has 2 heterocycles. The summed E-state index contributed by atoms with van der Waals surface area (Å²) in [4.78, 5) is 20.9. The van der Waals surface area contributed by atoms with Gasteiger partial charge in [-0.15, -0.1) is 0 Å². The van der Waals surface area contributed by atoms with Gasteiger partial charge in [0.15, 0.2) is 6.10 Å². The monoisotopic (exact) mass is 424 g/mol. The number of carbonyl (C=O) groups excluding carboxylic acids is 1. The van der Waals surface area contributed by atoms with E-state index in [1.807, 2.05) is 50.2 Å². The lowest BCUT2D eigenvalue weighted by molar-refractivity contribution is -0.156. The fourth-order valence-corrected chi connectivity index (χ4v) is 3.09. The standard InChI is InChI=1S/C24H28N2O5/c1-4-28-21(24(27)29-5-2)15-18-11-12-22(25-16-18)30-14-13-20-17(3)31-23(26-20)19-9-7-6-8-10-19/h6-12,16,21H,4-5,13-15H2,1-3H3. The van der Waals surface area contributed by atoms with Crippen molar-refractivity contribution >= 4 is 5.97 Å². The minimum atomic E-state index is -0.632. The van der Waals surface area contributed by atoms with Crippen LogP contribution >= 0.6 is 0 Å². The molecule has 0 amide bonds. The Labute approximate surface area is 182 Å². The smallest absolute Gasteiger partial charge is 0.335 e. The van der Waals surface area contributed by atoms with Crippen LogP contribution in [0.5, 0.6) is 5.88 Å². The summed E-state index contributed by atoms with van der Waals surface area (Å²) in [6.45, 7) is 6.72. The number of ether oxygens (including phenoxy) is 3. The number of esters is 1. The molecule has 0 aliphatic heterocycles. The third-order valence-corrected chi connectivity index (χ3v) is 4.64. The molecule has 0 aliphatic rings. The van der Waals surface area contributed by atoms with Crippen LogP contribution in [0.2, 0.25) is 0 Å². The number of aromatic nitrogens is 2. The predicted octanol–water partition coefficient (Wildman–Crippen LogP) is 4.18. The van der Waals surface area contributed by atoms with Gasteiger partial charge in [0, 0.05) is 37.3 Å². The van der Waals surface area contributed by atoms with Gasteiger partial charge in [-0.2, -0.15) is 0 Å². The maximum Gasteiger partial charge on any atom is 0.335 e. The zero-order valence-corrected chi connectivity index (χ0v) is 18.2. The first-order chi connectivity index (χ1) is 15.1. The second kappa shape index (κ2) is 11.3. The third-order valence-electron chi connectivity index (χ3n) is 4.64. The van der Waals surface area contributed by atoms with E-state index in [1.165, 1.54) is 0 Å². The lowest BCUT2D eigenvalue weighted by atomic mass is 10.1. The van der Waals surface area contributed by atoms with E-state index in [1.54, 1.807) is 19.2 Å². The molecule has 3 aromatic rings. The largest absolute Gasteiger partial charge is 0.477 e. The Morgan fingerprint density at radius 3 is 2.58 bits per heavy atom. The first-order valence-corrected chi connectivity index (χ1v) is 10.5. The van der Waals surface area contributed by atoms with Crippen LogP contribution in [0.1, 0.15) is 30.9 Å². The SMILES string of the molecule is CCOC(=O)C(Cc1ccc(OCCc2nc(-c3ccccc3)oc2C)nc1)OCC. The molecule has 164 valence electrons. The average molecular weight is 424 g/mol. The number of rotatable bonds is 11. The highest BCUT2D eigenvalue weighted by molar-refractivity contribution is 5.75. The highest BCUT2D eigenvalue weighted by Gasteiger charge is 2.20. The molecule has 0 bridgehead atoms.